The summed E-state index contributed by atoms with van der Waals surface area (Å²) in [6.07, 6.45) is 0.519. The normalized spacial score (nSPS) is 20.0. The smallest absolute Gasteiger partial charge is 0.308 e. The highest BCUT2D eigenvalue weighted by Gasteiger charge is 2.33. The second kappa shape index (κ2) is 7.52. The summed E-state index contributed by atoms with van der Waals surface area (Å²) in [5, 5.41) is 11.8. The molecule has 114 valence electrons. The fourth-order valence-electron chi connectivity index (χ4n) is 2.15. The van der Waals surface area contributed by atoms with Crippen molar-refractivity contribution < 1.29 is 19.5 Å². The molecule has 0 radical (unpaired) electrons. The van der Waals surface area contributed by atoms with Crippen molar-refractivity contribution in [1.29, 1.82) is 0 Å². The van der Waals surface area contributed by atoms with E-state index in [-0.39, 0.29) is 24.3 Å². The van der Waals surface area contributed by atoms with Crippen LogP contribution < -0.4 is 5.32 Å². The fraction of sp³-hybridized carbons (Fsp3) is 0.769. The van der Waals surface area contributed by atoms with E-state index in [1.54, 1.807) is 0 Å². The number of nitrogens with zero attached hydrogens (tertiary/aromatic N) is 1. The van der Waals surface area contributed by atoms with Crippen LogP contribution in [0.5, 0.6) is 0 Å². The van der Waals surface area contributed by atoms with E-state index in [0.29, 0.717) is 18.1 Å². The maximum atomic E-state index is 12.1. The van der Waals surface area contributed by atoms with Gasteiger partial charge in [-0.15, -0.1) is 11.8 Å². The van der Waals surface area contributed by atoms with Crippen molar-refractivity contribution in [3.63, 3.8) is 0 Å². The van der Waals surface area contributed by atoms with Crippen molar-refractivity contribution in [2.45, 2.75) is 33.2 Å². The Kier molecular flexibility index (Phi) is 6.32. The number of carbonyl (C=O) groups is 3. The lowest BCUT2D eigenvalue weighted by Crippen LogP contribution is -2.48. The second-order valence-corrected chi connectivity index (χ2v) is 6.41. The number of aliphatic carboxylic acids is 1. The number of carboxylic acids is 1. The zero-order valence-corrected chi connectivity index (χ0v) is 12.9. The molecule has 2 atom stereocenters. The number of nitrogens with one attached hydrogen (secondary N) is 1. The summed E-state index contributed by atoms with van der Waals surface area (Å²) in [6, 6.07) is -0.481. The third-order valence-electron chi connectivity index (χ3n) is 3.22. The Bertz CT molecular complexity index is 387. The number of hydrogen-bond acceptors (Lipinski definition) is 4. The van der Waals surface area contributed by atoms with Crippen LogP contribution in [0.1, 0.15) is 27.2 Å². The van der Waals surface area contributed by atoms with E-state index in [9.17, 15) is 14.4 Å². The molecular weight excluding hydrogens is 280 g/mol. The minimum atomic E-state index is -0.900. The number of hydrogen-bond donors (Lipinski definition) is 2. The molecule has 0 aliphatic carbocycles. The van der Waals surface area contributed by atoms with Gasteiger partial charge in [-0.05, 0) is 12.3 Å². The highest BCUT2D eigenvalue weighted by atomic mass is 32.2. The van der Waals surface area contributed by atoms with Gasteiger partial charge in [0.2, 0.25) is 11.8 Å². The van der Waals surface area contributed by atoms with E-state index in [4.69, 9.17) is 5.11 Å². The number of carbonyl (C=O) groups excluding carboxylic acids is 2. The average Bonchev–Trinajstić information content (AvgIpc) is 2.82. The SMILES string of the molecule is CC(=O)N1CSC[C@@H]1C(=O)NC[C@@H](CC(C)C)C(=O)O. The molecule has 2 N–H and O–H groups in total. The molecule has 0 bridgehead atoms. The van der Waals surface area contributed by atoms with E-state index < -0.39 is 17.9 Å². The molecule has 20 heavy (non-hydrogen) atoms. The van der Waals surface area contributed by atoms with Gasteiger partial charge in [0, 0.05) is 19.2 Å². The predicted octanol–water partition coefficient (Wildman–Crippen LogP) is 0.771. The van der Waals surface area contributed by atoms with E-state index in [0.717, 1.165) is 0 Å². The standard InChI is InChI=1S/C13H22N2O4S/c1-8(2)4-10(13(18)19)5-14-12(17)11-6-20-7-15(11)9(3)16/h8,10-11H,4-7H2,1-3H3,(H,14,17)(H,18,19)/t10-,11-/m1/s1. The zero-order valence-electron chi connectivity index (χ0n) is 12.1. The van der Waals surface area contributed by atoms with Crippen molar-refractivity contribution in [2.24, 2.45) is 11.8 Å². The van der Waals surface area contributed by atoms with Gasteiger partial charge in [0.25, 0.3) is 0 Å². The highest BCUT2D eigenvalue weighted by Crippen LogP contribution is 2.21. The van der Waals surface area contributed by atoms with E-state index >= 15 is 0 Å². The van der Waals surface area contributed by atoms with Crippen LogP contribution >= 0.6 is 11.8 Å². The zero-order chi connectivity index (χ0) is 15.3. The van der Waals surface area contributed by atoms with Gasteiger partial charge in [0.1, 0.15) is 6.04 Å². The topological polar surface area (TPSA) is 86.7 Å². The molecule has 0 aromatic carbocycles. The predicted molar refractivity (Wildman–Crippen MR) is 77.2 cm³/mol. The average molecular weight is 302 g/mol. The number of thioether (sulfide) groups is 1. The van der Waals surface area contributed by atoms with Crippen LogP contribution in [0.4, 0.5) is 0 Å². The van der Waals surface area contributed by atoms with E-state index in [1.165, 1.54) is 23.6 Å². The molecule has 0 saturated carbocycles. The molecule has 1 saturated heterocycles. The van der Waals surface area contributed by atoms with Crippen LogP contribution in [0.25, 0.3) is 0 Å². The third-order valence-corrected chi connectivity index (χ3v) is 4.23. The monoisotopic (exact) mass is 302 g/mol. The summed E-state index contributed by atoms with van der Waals surface area (Å²) in [6.45, 7) is 5.44. The summed E-state index contributed by atoms with van der Waals surface area (Å²) in [5.41, 5.74) is 0. The first-order valence-corrected chi connectivity index (χ1v) is 7.83. The van der Waals surface area contributed by atoms with Crippen molar-refractivity contribution in [3.8, 4) is 0 Å². The molecule has 0 aromatic rings. The van der Waals surface area contributed by atoms with Crippen molar-refractivity contribution >= 4 is 29.5 Å². The van der Waals surface area contributed by atoms with Gasteiger partial charge in [-0.3, -0.25) is 14.4 Å². The highest BCUT2D eigenvalue weighted by molar-refractivity contribution is 7.99. The van der Waals surface area contributed by atoms with Crippen LogP contribution in [0.15, 0.2) is 0 Å². The molecule has 2 amide bonds. The summed E-state index contributed by atoms with van der Waals surface area (Å²) < 4.78 is 0. The van der Waals surface area contributed by atoms with Crippen molar-refractivity contribution in [3.05, 3.63) is 0 Å². The Balaban J connectivity index is 2.53. The van der Waals surface area contributed by atoms with Gasteiger partial charge in [0.05, 0.1) is 11.8 Å². The summed E-state index contributed by atoms with van der Waals surface area (Å²) >= 11 is 1.53. The van der Waals surface area contributed by atoms with Crippen LogP contribution in [-0.4, -0.2) is 52.0 Å². The van der Waals surface area contributed by atoms with Gasteiger partial charge >= 0.3 is 5.97 Å². The van der Waals surface area contributed by atoms with Crippen LogP contribution in [-0.2, 0) is 14.4 Å². The second-order valence-electron chi connectivity index (χ2n) is 5.41. The van der Waals surface area contributed by atoms with Gasteiger partial charge in [-0.2, -0.15) is 0 Å². The Morgan fingerprint density at radius 3 is 2.55 bits per heavy atom. The van der Waals surface area contributed by atoms with Crippen LogP contribution in [0, 0.1) is 11.8 Å². The Morgan fingerprint density at radius 2 is 2.05 bits per heavy atom. The van der Waals surface area contributed by atoms with Crippen molar-refractivity contribution in [2.75, 3.05) is 18.2 Å². The Labute approximate surface area is 123 Å². The Morgan fingerprint density at radius 1 is 1.40 bits per heavy atom. The minimum Gasteiger partial charge on any atom is -0.481 e. The van der Waals surface area contributed by atoms with Gasteiger partial charge in [-0.25, -0.2) is 0 Å². The molecule has 0 unspecified atom stereocenters. The lowest BCUT2D eigenvalue weighted by atomic mass is 9.97. The van der Waals surface area contributed by atoms with Gasteiger partial charge in [0.15, 0.2) is 0 Å². The number of rotatable bonds is 6. The molecule has 1 rings (SSSR count). The molecule has 7 heteroatoms. The quantitative estimate of drug-likeness (QED) is 0.757. The molecular formula is C13H22N2O4S. The van der Waals surface area contributed by atoms with Gasteiger partial charge < -0.3 is 15.3 Å². The molecule has 1 fully saturated rings. The summed E-state index contributed by atoms with van der Waals surface area (Å²) in [5.74, 6) is -0.548. The molecule has 6 nitrogen and oxygen atoms in total. The first-order valence-electron chi connectivity index (χ1n) is 6.68. The Hall–Kier alpha value is -1.24. The minimum absolute atomic E-state index is 0.110. The maximum Gasteiger partial charge on any atom is 0.308 e. The largest absolute Gasteiger partial charge is 0.481 e. The molecule has 1 aliphatic heterocycles. The lowest BCUT2D eigenvalue weighted by molar-refractivity contribution is -0.142. The summed E-state index contributed by atoms with van der Waals surface area (Å²) in [7, 11) is 0. The third kappa shape index (κ3) is 4.70. The van der Waals surface area contributed by atoms with E-state index in [2.05, 4.69) is 5.32 Å². The first-order chi connectivity index (χ1) is 9.32. The molecule has 1 aliphatic rings. The molecule has 0 spiro atoms. The molecule has 1 heterocycles. The summed E-state index contributed by atoms with van der Waals surface area (Å²) in [4.78, 5) is 36.1. The first kappa shape index (κ1) is 16.8. The van der Waals surface area contributed by atoms with Crippen LogP contribution in [0.2, 0.25) is 0 Å². The lowest BCUT2D eigenvalue weighted by Gasteiger charge is -2.22. The fourth-order valence-corrected chi connectivity index (χ4v) is 3.37. The number of amides is 2. The van der Waals surface area contributed by atoms with Crippen molar-refractivity contribution in [1.82, 2.24) is 10.2 Å². The maximum absolute atomic E-state index is 12.1. The van der Waals surface area contributed by atoms with E-state index in [1.807, 2.05) is 13.8 Å². The number of carboxylic acid groups (broad SMARTS) is 1. The van der Waals surface area contributed by atoms with Crippen LogP contribution in [0.3, 0.4) is 0 Å². The molecule has 0 aromatic heterocycles. The van der Waals surface area contributed by atoms with Gasteiger partial charge in [-0.1, -0.05) is 13.8 Å².